The molecule has 1 saturated carbocycles. The second-order valence-corrected chi connectivity index (χ2v) is 3.75. The lowest BCUT2D eigenvalue weighted by Crippen LogP contribution is -2.14. The lowest BCUT2D eigenvalue weighted by Gasteiger charge is -2.07. The van der Waals surface area contributed by atoms with Gasteiger partial charge in [0, 0.05) is 25.7 Å². The highest BCUT2D eigenvalue weighted by molar-refractivity contribution is 5.79. The molecule has 14 heavy (non-hydrogen) atoms. The Balaban J connectivity index is 0.000000140. The van der Waals surface area contributed by atoms with Gasteiger partial charge in [-0.2, -0.15) is 0 Å². The van der Waals surface area contributed by atoms with Gasteiger partial charge in [0.1, 0.15) is 11.6 Å². The van der Waals surface area contributed by atoms with Gasteiger partial charge in [-0.15, -0.1) is 0 Å². The number of ether oxygens (including phenoxy) is 1. The molecule has 3 heteroatoms. The lowest BCUT2D eigenvalue weighted by molar-refractivity contribution is -0.124. The standard InChI is InChI=1S/C6H10O.C5H8O2/c7-6-4-2-1-3-5-6;6-5-1-3-7-4-2-5/h1-5H2;1-4H2. The zero-order valence-electron chi connectivity index (χ0n) is 8.59. The summed E-state index contributed by atoms with van der Waals surface area (Å²) in [5.74, 6) is 0.803. The minimum atomic E-state index is 0.339. The van der Waals surface area contributed by atoms with E-state index in [-0.39, 0.29) is 0 Å². The van der Waals surface area contributed by atoms with Gasteiger partial charge in [0.2, 0.25) is 0 Å². The molecule has 0 aromatic rings. The maximum atomic E-state index is 10.5. The summed E-state index contributed by atoms with van der Waals surface area (Å²) in [6.07, 6.45) is 6.49. The highest BCUT2D eigenvalue weighted by Gasteiger charge is 2.06. The van der Waals surface area contributed by atoms with Crippen LogP contribution in [0.25, 0.3) is 0 Å². The van der Waals surface area contributed by atoms with Crippen molar-refractivity contribution in [2.24, 2.45) is 0 Å². The second-order valence-electron chi connectivity index (χ2n) is 3.75. The fourth-order valence-corrected chi connectivity index (χ4v) is 1.55. The van der Waals surface area contributed by atoms with E-state index < -0.39 is 0 Å². The van der Waals surface area contributed by atoms with Gasteiger partial charge in [0.25, 0.3) is 0 Å². The van der Waals surface area contributed by atoms with E-state index >= 15 is 0 Å². The van der Waals surface area contributed by atoms with Gasteiger partial charge in [0.05, 0.1) is 13.2 Å². The van der Waals surface area contributed by atoms with E-state index in [1.807, 2.05) is 0 Å². The van der Waals surface area contributed by atoms with E-state index in [1.54, 1.807) is 0 Å². The van der Waals surface area contributed by atoms with Crippen molar-refractivity contribution in [2.75, 3.05) is 13.2 Å². The lowest BCUT2D eigenvalue weighted by atomic mass is 10.00. The molecule has 0 unspecified atom stereocenters. The maximum absolute atomic E-state index is 10.5. The quantitative estimate of drug-likeness (QED) is 0.597. The summed E-state index contributed by atoms with van der Waals surface area (Å²) in [5, 5.41) is 0. The first-order valence-corrected chi connectivity index (χ1v) is 5.40. The maximum Gasteiger partial charge on any atom is 0.137 e. The molecule has 1 aliphatic carbocycles. The topological polar surface area (TPSA) is 43.4 Å². The van der Waals surface area contributed by atoms with Crippen LogP contribution in [0, 0.1) is 0 Å². The third kappa shape index (κ3) is 5.12. The molecule has 0 radical (unpaired) electrons. The molecule has 0 N–H and O–H groups in total. The van der Waals surface area contributed by atoms with Crippen molar-refractivity contribution in [1.29, 1.82) is 0 Å². The van der Waals surface area contributed by atoms with E-state index in [0.29, 0.717) is 37.6 Å². The molecule has 2 fully saturated rings. The molecule has 3 nitrogen and oxygen atoms in total. The Bertz CT molecular complexity index is 161. The van der Waals surface area contributed by atoms with Gasteiger partial charge in [-0.05, 0) is 12.8 Å². The summed E-state index contributed by atoms with van der Waals surface area (Å²) in [7, 11) is 0. The van der Waals surface area contributed by atoms with Crippen LogP contribution in [0.3, 0.4) is 0 Å². The first-order chi connectivity index (χ1) is 6.79. The fraction of sp³-hybridized carbons (Fsp3) is 0.818. The van der Waals surface area contributed by atoms with Crippen LogP contribution in [0.1, 0.15) is 44.9 Å². The average molecular weight is 198 g/mol. The van der Waals surface area contributed by atoms with E-state index in [9.17, 15) is 9.59 Å². The average Bonchev–Trinajstić information content (AvgIpc) is 2.21. The Kier molecular flexibility index (Phi) is 5.45. The van der Waals surface area contributed by atoms with Gasteiger partial charge in [-0.25, -0.2) is 0 Å². The molecular formula is C11H18O3. The van der Waals surface area contributed by atoms with Gasteiger partial charge < -0.3 is 4.74 Å². The third-order valence-electron chi connectivity index (χ3n) is 2.46. The molecule has 0 aromatic carbocycles. The molecule has 2 rings (SSSR count). The first-order valence-electron chi connectivity index (χ1n) is 5.40. The number of rotatable bonds is 0. The largest absolute Gasteiger partial charge is 0.381 e. The van der Waals surface area contributed by atoms with Crippen molar-refractivity contribution >= 4 is 11.6 Å². The molecule has 1 heterocycles. The SMILES string of the molecule is O=C1CCCCC1.O=C1CCOCC1. The van der Waals surface area contributed by atoms with Crippen molar-refractivity contribution in [1.82, 2.24) is 0 Å². The first kappa shape index (κ1) is 11.4. The summed E-state index contributed by atoms with van der Waals surface area (Å²) >= 11 is 0. The van der Waals surface area contributed by atoms with Crippen molar-refractivity contribution in [3.05, 3.63) is 0 Å². The molecule has 0 spiro atoms. The van der Waals surface area contributed by atoms with Crippen LogP contribution in [0.4, 0.5) is 0 Å². The third-order valence-corrected chi connectivity index (χ3v) is 2.46. The molecule has 0 bridgehead atoms. The summed E-state index contributed by atoms with van der Waals surface area (Å²) < 4.78 is 4.92. The molecule has 0 atom stereocenters. The number of carbonyl (C=O) groups is 2. The van der Waals surface area contributed by atoms with Crippen molar-refractivity contribution in [2.45, 2.75) is 44.9 Å². The van der Waals surface area contributed by atoms with E-state index in [0.717, 1.165) is 25.7 Å². The molecule has 2 aliphatic rings. The Morgan fingerprint density at radius 2 is 1.21 bits per heavy atom. The highest BCUT2D eigenvalue weighted by atomic mass is 16.5. The molecule has 1 saturated heterocycles. The second kappa shape index (κ2) is 6.71. The Morgan fingerprint density at radius 3 is 1.50 bits per heavy atom. The van der Waals surface area contributed by atoms with E-state index in [2.05, 4.69) is 0 Å². The summed E-state index contributed by atoms with van der Waals surface area (Å²) in [4.78, 5) is 20.8. The van der Waals surface area contributed by atoms with Crippen LogP contribution in [0.5, 0.6) is 0 Å². The summed E-state index contributed by atoms with van der Waals surface area (Å²) in [5.41, 5.74) is 0. The predicted molar refractivity (Wildman–Crippen MR) is 53.2 cm³/mol. The Hall–Kier alpha value is -0.700. The predicted octanol–water partition coefficient (Wildman–Crippen LogP) is 1.89. The van der Waals surface area contributed by atoms with Crippen molar-refractivity contribution in [3.8, 4) is 0 Å². The molecule has 0 amide bonds. The number of ketones is 2. The number of carbonyl (C=O) groups excluding carboxylic acids is 2. The molecule has 80 valence electrons. The molecular weight excluding hydrogens is 180 g/mol. The van der Waals surface area contributed by atoms with E-state index in [4.69, 9.17) is 4.74 Å². The normalized spacial score (nSPS) is 22.6. The zero-order valence-corrected chi connectivity index (χ0v) is 8.59. The van der Waals surface area contributed by atoms with Crippen LogP contribution in [0.15, 0.2) is 0 Å². The monoisotopic (exact) mass is 198 g/mol. The Labute approximate surface area is 84.8 Å². The fourth-order valence-electron chi connectivity index (χ4n) is 1.55. The number of hydrogen-bond acceptors (Lipinski definition) is 3. The summed E-state index contributed by atoms with van der Waals surface area (Å²) in [6.45, 7) is 1.28. The van der Waals surface area contributed by atoms with Gasteiger partial charge in [-0.3, -0.25) is 9.59 Å². The van der Waals surface area contributed by atoms with Crippen LogP contribution >= 0.6 is 0 Å². The van der Waals surface area contributed by atoms with E-state index in [1.165, 1.54) is 6.42 Å². The van der Waals surface area contributed by atoms with Crippen LogP contribution in [0.2, 0.25) is 0 Å². The highest BCUT2D eigenvalue weighted by Crippen LogP contribution is 2.12. The van der Waals surface area contributed by atoms with Crippen LogP contribution < -0.4 is 0 Å². The van der Waals surface area contributed by atoms with Crippen LogP contribution in [-0.4, -0.2) is 24.8 Å². The number of Topliss-reactive ketones (excluding diaryl/α,β-unsaturated/α-hetero) is 2. The Morgan fingerprint density at radius 1 is 0.714 bits per heavy atom. The van der Waals surface area contributed by atoms with Crippen molar-refractivity contribution < 1.29 is 14.3 Å². The summed E-state index contributed by atoms with van der Waals surface area (Å²) in [6, 6.07) is 0. The number of hydrogen-bond donors (Lipinski definition) is 0. The molecule has 1 aliphatic heterocycles. The van der Waals surface area contributed by atoms with Gasteiger partial charge in [0.15, 0.2) is 0 Å². The van der Waals surface area contributed by atoms with Crippen LogP contribution in [-0.2, 0) is 14.3 Å². The van der Waals surface area contributed by atoms with Crippen molar-refractivity contribution in [3.63, 3.8) is 0 Å². The smallest absolute Gasteiger partial charge is 0.137 e. The molecule has 0 aromatic heterocycles. The zero-order chi connectivity index (χ0) is 10.2. The minimum absolute atomic E-state index is 0.339. The minimum Gasteiger partial charge on any atom is -0.381 e. The van der Waals surface area contributed by atoms with Gasteiger partial charge >= 0.3 is 0 Å². The van der Waals surface area contributed by atoms with Gasteiger partial charge in [-0.1, -0.05) is 6.42 Å².